The Morgan fingerprint density at radius 2 is 1.40 bits per heavy atom. The van der Waals surface area contributed by atoms with Crippen LogP contribution in [0.2, 0.25) is 4.31 Å². The molecule has 1 saturated carbocycles. The average Bonchev–Trinajstić information content (AvgIpc) is 2.86. The molecule has 2 nitrogen and oxygen atoms in total. The summed E-state index contributed by atoms with van der Waals surface area (Å²) in [5.74, 6) is -1.54. The van der Waals surface area contributed by atoms with E-state index in [0.717, 1.165) is 0 Å². The summed E-state index contributed by atoms with van der Waals surface area (Å²) < 4.78 is 74.1. The summed E-state index contributed by atoms with van der Waals surface area (Å²) in [6.07, 6.45) is -7.20. The molecule has 2 aliphatic rings. The number of hydrogen-bond donors (Lipinski definition) is 2. The Balaban J connectivity index is 2.46. The third-order valence-electron chi connectivity index (χ3n) is 4.30. The van der Waals surface area contributed by atoms with E-state index in [0.29, 0.717) is 6.42 Å². The van der Waals surface area contributed by atoms with Crippen molar-refractivity contribution in [2.24, 2.45) is 29.2 Å². The van der Waals surface area contributed by atoms with Gasteiger partial charge in [-0.25, -0.2) is 0 Å². The monoisotopic (exact) mass is 367 g/mol. The van der Waals surface area contributed by atoms with Gasteiger partial charge in [0.15, 0.2) is 0 Å². The molecule has 2 aliphatic carbocycles. The number of fused-ring (bicyclic) bond motifs is 2. The molecule has 0 spiro atoms. The zero-order valence-electron chi connectivity index (χ0n) is 10.1. The molecule has 3 atom stereocenters. The first-order chi connectivity index (χ1) is 8.82. The molecule has 9 heteroatoms. The van der Waals surface area contributed by atoms with Crippen LogP contribution in [0.1, 0.15) is 12.8 Å². The predicted molar refractivity (Wildman–Crippen MR) is 60.5 cm³/mol. The molecule has 0 amide bonds. The van der Waals surface area contributed by atoms with E-state index in [1.165, 1.54) is 16.0 Å². The van der Waals surface area contributed by atoms with Crippen LogP contribution in [0.15, 0.2) is 12.2 Å². The number of rotatable bonds is 2. The first kappa shape index (κ1) is 16.1. The van der Waals surface area contributed by atoms with E-state index < -0.39 is 34.2 Å². The van der Waals surface area contributed by atoms with Crippen molar-refractivity contribution < 1.29 is 26.3 Å². The normalized spacial score (nSPS) is 31.1. The molecular formula is C11H13F6N2Se. The molecule has 1 fully saturated rings. The maximum absolute atomic E-state index is 13.1. The van der Waals surface area contributed by atoms with Gasteiger partial charge in [0, 0.05) is 0 Å². The molecule has 4 N–H and O–H groups in total. The topological polar surface area (TPSA) is 52.0 Å². The molecule has 2 rings (SSSR count). The van der Waals surface area contributed by atoms with Gasteiger partial charge in [0.2, 0.25) is 0 Å². The van der Waals surface area contributed by atoms with Gasteiger partial charge in [-0.15, -0.1) is 0 Å². The third-order valence-corrected chi connectivity index (χ3v) is 6.01. The fourth-order valence-corrected chi connectivity index (χ4v) is 3.56. The second kappa shape index (κ2) is 4.38. The molecule has 3 unspecified atom stereocenters. The first-order valence-electron chi connectivity index (χ1n) is 5.92. The van der Waals surface area contributed by atoms with Crippen molar-refractivity contribution >= 4 is 16.0 Å². The fraction of sp³-hybridized carbons (Fsp3) is 0.818. The van der Waals surface area contributed by atoms with E-state index >= 15 is 0 Å². The summed E-state index contributed by atoms with van der Waals surface area (Å²) in [4.78, 5) is 0. The van der Waals surface area contributed by atoms with Crippen LogP contribution < -0.4 is 11.5 Å². The molecule has 0 saturated heterocycles. The van der Waals surface area contributed by atoms with Crippen LogP contribution in [0.25, 0.3) is 0 Å². The molecular weight excluding hydrogens is 353 g/mol. The quantitative estimate of drug-likeness (QED) is 0.341. The van der Waals surface area contributed by atoms with Crippen molar-refractivity contribution in [2.75, 3.05) is 0 Å². The SMILES string of the molecule is NC(N)(C1CC2C=CC1C2)C([Se])(C(F)(F)F)C(F)(F)F. The van der Waals surface area contributed by atoms with Gasteiger partial charge < -0.3 is 0 Å². The minimum absolute atomic E-state index is 0.0396. The van der Waals surface area contributed by atoms with Gasteiger partial charge in [-0.1, -0.05) is 0 Å². The predicted octanol–water partition coefficient (Wildman–Crippen LogP) is 2.26. The molecule has 0 aromatic rings. The zero-order valence-corrected chi connectivity index (χ0v) is 11.8. The second-order valence-corrected chi connectivity index (χ2v) is 6.78. The van der Waals surface area contributed by atoms with Crippen LogP contribution in [-0.2, 0) is 0 Å². The van der Waals surface area contributed by atoms with Crippen LogP contribution in [0.5, 0.6) is 0 Å². The van der Waals surface area contributed by atoms with Gasteiger partial charge >= 0.3 is 119 Å². The summed E-state index contributed by atoms with van der Waals surface area (Å²) in [7, 11) is 0. The van der Waals surface area contributed by atoms with E-state index in [9.17, 15) is 26.3 Å². The van der Waals surface area contributed by atoms with Crippen molar-refractivity contribution in [3.05, 3.63) is 12.2 Å². The van der Waals surface area contributed by atoms with Crippen molar-refractivity contribution in [3.63, 3.8) is 0 Å². The molecule has 2 bridgehead atoms. The standard InChI is InChI=1S/C11H13F6N2Se/c12-10(13,14)9(20,11(15,16)17)8(18,19)7-4-5-1-2-6(7)3-5/h1-2,5-7H,3-4,18-19H2. The van der Waals surface area contributed by atoms with Gasteiger partial charge in [-0.3, -0.25) is 0 Å². The molecule has 0 aromatic carbocycles. The molecule has 115 valence electrons. The van der Waals surface area contributed by atoms with E-state index in [-0.39, 0.29) is 12.3 Å². The van der Waals surface area contributed by atoms with Gasteiger partial charge in [-0.2, -0.15) is 0 Å². The number of nitrogens with two attached hydrogens (primary N) is 2. The molecule has 20 heavy (non-hydrogen) atoms. The van der Waals surface area contributed by atoms with Crippen molar-refractivity contribution in [3.8, 4) is 0 Å². The van der Waals surface area contributed by atoms with Crippen molar-refractivity contribution in [1.82, 2.24) is 0 Å². The number of hydrogen-bond acceptors (Lipinski definition) is 2. The van der Waals surface area contributed by atoms with Crippen molar-refractivity contribution in [2.45, 2.75) is 35.2 Å². The van der Waals surface area contributed by atoms with Crippen molar-refractivity contribution in [1.29, 1.82) is 0 Å². The summed E-state index contributed by atoms with van der Waals surface area (Å²) in [5.41, 5.74) is 7.91. The Labute approximate surface area is 119 Å². The Morgan fingerprint density at radius 1 is 0.900 bits per heavy atom. The molecule has 1 radical (unpaired) electrons. The van der Waals surface area contributed by atoms with Gasteiger partial charge in [0.05, 0.1) is 0 Å². The Hall–Kier alpha value is -0.241. The van der Waals surface area contributed by atoms with E-state index in [1.54, 1.807) is 12.2 Å². The Bertz CT molecular complexity index is 414. The van der Waals surface area contributed by atoms with E-state index in [4.69, 9.17) is 11.5 Å². The van der Waals surface area contributed by atoms with Crippen LogP contribution in [0, 0.1) is 17.8 Å². The van der Waals surface area contributed by atoms with Crippen LogP contribution in [-0.4, -0.2) is 34.0 Å². The zero-order chi connectivity index (χ0) is 15.6. The Kier molecular flexibility index (Phi) is 3.53. The van der Waals surface area contributed by atoms with Crippen LogP contribution in [0.3, 0.4) is 0 Å². The van der Waals surface area contributed by atoms with Gasteiger partial charge in [0.1, 0.15) is 0 Å². The van der Waals surface area contributed by atoms with E-state index in [2.05, 4.69) is 0 Å². The van der Waals surface area contributed by atoms with Crippen LogP contribution >= 0.6 is 0 Å². The van der Waals surface area contributed by atoms with Gasteiger partial charge in [0.25, 0.3) is 0 Å². The summed E-state index contributed by atoms with van der Waals surface area (Å²) >= 11 is 1.22. The molecule has 0 heterocycles. The average molecular weight is 366 g/mol. The number of alkyl halides is 6. The number of allylic oxidation sites excluding steroid dienone is 2. The summed E-state index contributed by atoms with van der Waals surface area (Å²) in [6.45, 7) is 0. The number of halogens is 6. The minimum atomic E-state index is -5.62. The Morgan fingerprint density at radius 3 is 1.70 bits per heavy atom. The summed E-state index contributed by atoms with van der Waals surface area (Å²) in [5, 5.41) is 0. The first-order valence-corrected chi connectivity index (χ1v) is 6.78. The summed E-state index contributed by atoms with van der Waals surface area (Å²) in [6, 6.07) is 0. The van der Waals surface area contributed by atoms with Crippen LogP contribution in [0.4, 0.5) is 26.3 Å². The van der Waals surface area contributed by atoms with Gasteiger partial charge in [-0.05, 0) is 0 Å². The molecule has 0 aromatic heterocycles. The fourth-order valence-electron chi connectivity index (χ4n) is 3.24. The second-order valence-electron chi connectivity index (χ2n) is 5.50. The molecule has 0 aliphatic heterocycles. The third kappa shape index (κ3) is 2.01. The van der Waals surface area contributed by atoms with E-state index in [1.807, 2.05) is 0 Å². The maximum atomic E-state index is 13.1.